The Balaban J connectivity index is 2.47. The highest BCUT2D eigenvalue weighted by Gasteiger charge is 2.26. The number of aliphatic hydroxyl groups is 1. The molecule has 1 unspecified atom stereocenters. The number of aliphatic hydroxyl groups excluding tert-OH is 1. The molecular formula is C20H22ClN3O4. The highest BCUT2D eigenvalue weighted by atomic mass is 35.5. The molecule has 0 aliphatic carbocycles. The molecule has 0 aromatic heterocycles. The predicted molar refractivity (Wildman–Crippen MR) is 109 cm³/mol. The molecule has 0 radical (unpaired) electrons. The van der Waals surface area contributed by atoms with Crippen LogP contribution in [0.2, 0.25) is 5.02 Å². The number of anilines is 1. The van der Waals surface area contributed by atoms with Gasteiger partial charge in [-0.2, -0.15) is 0 Å². The van der Waals surface area contributed by atoms with E-state index in [0.29, 0.717) is 39.6 Å². The second-order valence-corrected chi connectivity index (χ2v) is 6.39. The van der Waals surface area contributed by atoms with Crippen LogP contribution in [0.5, 0.6) is 5.75 Å². The molecule has 2 aromatic rings. The quantitative estimate of drug-likeness (QED) is 0.235. The Bertz CT molecular complexity index is 868. The molecule has 0 heterocycles. The van der Waals surface area contributed by atoms with Crippen LogP contribution >= 0.6 is 11.6 Å². The molecule has 0 amide bonds. The Hall–Kier alpha value is -3.03. The Morgan fingerprint density at radius 2 is 2.04 bits per heavy atom. The molecule has 0 fully saturated rings. The highest BCUT2D eigenvalue weighted by molar-refractivity contribution is 6.30. The van der Waals surface area contributed by atoms with E-state index in [1.54, 1.807) is 36.4 Å². The van der Waals surface area contributed by atoms with Crippen LogP contribution in [0.1, 0.15) is 22.7 Å². The lowest BCUT2D eigenvalue weighted by molar-refractivity contribution is -0.138. The number of carboxylic acids is 1. The number of amidine groups is 1. The number of halogens is 1. The topological polar surface area (TPSA) is 129 Å². The van der Waals surface area contributed by atoms with Crippen molar-refractivity contribution in [2.45, 2.75) is 12.5 Å². The van der Waals surface area contributed by atoms with Gasteiger partial charge in [0.2, 0.25) is 0 Å². The fourth-order valence-corrected chi connectivity index (χ4v) is 2.95. The molecule has 8 heteroatoms. The number of nitrogens with two attached hydrogens (primary N) is 1. The summed E-state index contributed by atoms with van der Waals surface area (Å²) in [6.45, 7) is 3.50. The number of hydrogen-bond donors (Lipinski definition) is 5. The van der Waals surface area contributed by atoms with Crippen molar-refractivity contribution in [1.82, 2.24) is 0 Å². The van der Waals surface area contributed by atoms with Gasteiger partial charge in [0.25, 0.3) is 0 Å². The maximum atomic E-state index is 12.0. The van der Waals surface area contributed by atoms with Crippen LogP contribution < -0.4 is 15.8 Å². The van der Waals surface area contributed by atoms with Crippen LogP contribution in [0, 0.1) is 5.41 Å². The Morgan fingerprint density at radius 3 is 2.57 bits per heavy atom. The largest absolute Gasteiger partial charge is 0.491 e. The van der Waals surface area contributed by atoms with Crippen molar-refractivity contribution in [2.75, 3.05) is 18.5 Å². The van der Waals surface area contributed by atoms with Gasteiger partial charge >= 0.3 is 5.97 Å². The van der Waals surface area contributed by atoms with Gasteiger partial charge in [0.05, 0.1) is 6.61 Å². The van der Waals surface area contributed by atoms with Gasteiger partial charge in [0.15, 0.2) is 6.04 Å². The lowest BCUT2D eigenvalue weighted by Crippen LogP contribution is -2.22. The van der Waals surface area contributed by atoms with Crippen molar-refractivity contribution in [2.24, 2.45) is 5.73 Å². The number of rotatable bonds is 10. The van der Waals surface area contributed by atoms with E-state index >= 15 is 0 Å². The van der Waals surface area contributed by atoms with E-state index < -0.39 is 12.0 Å². The van der Waals surface area contributed by atoms with E-state index in [-0.39, 0.29) is 19.0 Å². The summed E-state index contributed by atoms with van der Waals surface area (Å²) in [6.07, 6.45) is 2.08. The first-order valence-corrected chi connectivity index (χ1v) is 8.85. The monoisotopic (exact) mass is 403 g/mol. The number of allylic oxidation sites excluding steroid dienone is 1. The minimum atomic E-state index is -1.15. The second kappa shape index (κ2) is 9.77. The molecule has 0 saturated carbocycles. The SMILES string of the molecule is C=CCc1cc(Cl)cc(C(Nc2ccc(C(=N)N)cc2)C(=O)O)c1OCCO. The molecule has 0 spiro atoms. The number of hydrogen-bond acceptors (Lipinski definition) is 5. The second-order valence-electron chi connectivity index (χ2n) is 5.95. The van der Waals surface area contributed by atoms with Crippen LogP contribution in [-0.2, 0) is 11.2 Å². The molecule has 1 atom stereocenters. The number of carboxylic acid groups (broad SMARTS) is 1. The number of benzene rings is 2. The standard InChI is InChI=1S/C20H22ClN3O4/c1-2-3-13-10-14(21)11-16(18(13)28-9-8-25)17(20(26)27)24-15-6-4-12(5-7-15)19(22)23/h2,4-7,10-11,17,24-25H,1,3,8-9H2,(H3,22,23)(H,26,27). The summed E-state index contributed by atoms with van der Waals surface area (Å²) < 4.78 is 5.64. The van der Waals surface area contributed by atoms with E-state index in [1.807, 2.05) is 0 Å². The average Bonchev–Trinajstić information content (AvgIpc) is 2.65. The molecule has 0 aliphatic heterocycles. The van der Waals surface area contributed by atoms with Crippen LogP contribution in [-0.4, -0.2) is 35.2 Å². The summed E-state index contributed by atoms with van der Waals surface area (Å²) in [7, 11) is 0. The lowest BCUT2D eigenvalue weighted by atomic mass is 9.99. The molecule has 2 rings (SSSR count). The third-order valence-electron chi connectivity index (χ3n) is 3.93. The summed E-state index contributed by atoms with van der Waals surface area (Å²) in [4.78, 5) is 12.0. The van der Waals surface area contributed by atoms with Crippen LogP contribution in [0.25, 0.3) is 0 Å². The van der Waals surface area contributed by atoms with Gasteiger partial charge in [-0.3, -0.25) is 5.41 Å². The molecule has 0 aliphatic rings. The minimum absolute atomic E-state index is 0.0123. The van der Waals surface area contributed by atoms with Crippen molar-refractivity contribution in [3.63, 3.8) is 0 Å². The van der Waals surface area contributed by atoms with Crippen molar-refractivity contribution in [3.05, 3.63) is 70.8 Å². The van der Waals surface area contributed by atoms with Crippen LogP contribution in [0.3, 0.4) is 0 Å². The first kappa shape index (κ1) is 21.3. The molecule has 6 N–H and O–H groups in total. The number of nitrogen functional groups attached to an aromatic ring is 1. The molecular weight excluding hydrogens is 382 g/mol. The fourth-order valence-electron chi connectivity index (χ4n) is 2.70. The molecule has 28 heavy (non-hydrogen) atoms. The zero-order valence-corrected chi connectivity index (χ0v) is 15.9. The highest BCUT2D eigenvalue weighted by Crippen LogP contribution is 2.35. The van der Waals surface area contributed by atoms with Gasteiger partial charge in [-0.25, -0.2) is 4.79 Å². The Kier molecular flexibility index (Phi) is 7.43. The van der Waals surface area contributed by atoms with E-state index in [0.717, 1.165) is 0 Å². The van der Waals surface area contributed by atoms with Gasteiger partial charge < -0.3 is 26.0 Å². The zero-order chi connectivity index (χ0) is 20.7. The number of nitrogens with one attached hydrogen (secondary N) is 2. The lowest BCUT2D eigenvalue weighted by Gasteiger charge is -2.22. The molecule has 148 valence electrons. The van der Waals surface area contributed by atoms with Gasteiger partial charge in [-0.05, 0) is 48.4 Å². The molecule has 7 nitrogen and oxygen atoms in total. The Labute approximate surface area is 167 Å². The first-order chi connectivity index (χ1) is 13.4. The fraction of sp³-hybridized carbons (Fsp3) is 0.200. The zero-order valence-electron chi connectivity index (χ0n) is 15.1. The molecule has 0 bridgehead atoms. The summed E-state index contributed by atoms with van der Waals surface area (Å²) in [5.41, 5.74) is 7.50. The average molecular weight is 404 g/mol. The smallest absolute Gasteiger partial charge is 0.330 e. The minimum Gasteiger partial charge on any atom is -0.491 e. The number of ether oxygens (including phenoxy) is 1. The van der Waals surface area contributed by atoms with Crippen molar-refractivity contribution >= 4 is 29.1 Å². The van der Waals surface area contributed by atoms with Crippen molar-refractivity contribution < 1.29 is 19.7 Å². The van der Waals surface area contributed by atoms with Crippen molar-refractivity contribution in [3.8, 4) is 5.75 Å². The summed E-state index contributed by atoms with van der Waals surface area (Å²) in [5.74, 6) is -0.861. The van der Waals surface area contributed by atoms with Gasteiger partial charge in [-0.15, -0.1) is 6.58 Å². The summed E-state index contributed by atoms with van der Waals surface area (Å²) in [6, 6.07) is 8.56. The molecule has 2 aromatic carbocycles. The normalized spacial score (nSPS) is 11.5. The maximum absolute atomic E-state index is 12.0. The van der Waals surface area contributed by atoms with E-state index in [9.17, 15) is 9.90 Å². The maximum Gasteiger partial charge on any atom is 0.330 e. The van der Waals surface area contributed by atoms with E-state index in [2.05, 4.69) is 11.9 Å². The third kappa shape index (κ3) is 5.25. The number of carbonyl (C=O) groups is 1. The predicted octanol–water partition coefficient (Wildman–Crippen LogP) is 2.96. The van der Waals surface area contributed by atoms with Crippen molar-refractivity contribution in [1.29, 1.82) is 5.41 Å². The van der Waals surface area contributed by atoms with Crippen LogP contribution in [0.15, 0.2) is 49.1 Å². The van der Waals surface area contributed by atoms with Crippen LogP contribution in [0.4, 0.5) is 5.69 Å². The summed E-state index contributed by atoms with van der Waals surface area (Å²) >= 11 is 6.20. The van der Waals surface area contributed by atoms with Gasteiger partial charge in [0.1, 0.15) is 18.2 Å². The first-order valence-electron chi connectivity index (χ1n) is 8.48. The molecule has 0 saturated heterocycles. The third-order valence-corrected chi connectivity index (χ3v) is 4.14. The van der Waals surface area contributed by atoms with Gasteiger partial charge in [0, 0.05) is 21.8 Å². The van der Waals surface area contributed by atoms with E-state index in [4.69, 9.17) is 32.6 Å². The Morgan fingerprint density at radius 1 is 1.36 bits per heavy atom. The van der Waals surface area contributed by atoms with Gasteiger partial charge in [-0.1, -0.05) is 17.7 Å². The number of aliphatic carboxylic acids is 1. The van der Waals surface area contributed by atoms with E-state index in [1.165, 1.54) is 6.07 Å². The summed E-state index contributed by atoms with van der Waals surface area (Å²) in [5, 5.41) is 29.7.